The Morgan fingerprint density at radius 3 is 2.61 bits per heavy atom. The van der Waals surface area contributed by atoms with Gasteiger partial charge in [0.1, 0.15) is 11.5 Å². The molecule has 2 aromatic carbocycles. The number of rotatable bonds is 3. The molecule has 0 saturated carbocycles. The summed E-state index contributed by atoms with van der Waals surface area (Å²) in [7, 11) is 1.75. The number of fused-ring (bicyclic) bond motifs is 1. The van der Waals surface area contributed by atoms with Crippen LogP contribution in [0.2, 0.25) is 0 Å². The monoisotopic (exact) mass is 370 g/mol. The van der Waals surface area contributed by atoms with Crippen LogP contribution in [0.3, 0.4) is 0 Å². The molecule has 0 aliphatic heterocycles. The molecular formula is C17H15BrN4O. The van der Waals surface area contributed by atoms with Crippen LogP contribution in [0.5, 0.6) is 0 Å². The zero-order chi connectivity index (χ0) is 16.6. The van der Waals surface area contributed by atoms with Crippen molar-refractivity contribution in [2.75, 3.05) is 0 Å². The number of nitrogens with one attached hydrogen (secondary N) is 1. The largest absolute Gasteiger partial charge is 0.384 e. The fourth-order valence-corrected chi connectivity index (χ4v) is 2.83. The maximum Gasteiger partial charge on any atom is 0.272 e. The first-order valence-electron chi connectivity index (χ1n) is 7.04. The Kier molecular flexibility index (Phi) is 4.00. The van der Waals surface area contributed by atoms with E-state index in [2.05, 4.69) is 20.9 Å². The summed E-state index contributed by atoms with van der Waals surface area (Å²) in [5, 5.41) is 7.41. The van der Waals surface area contributed by atoms with Crippen molar-refractivity contribution < 1.29 is 0 Å². The minimum Gasteiger partial charge on any atom is -0.384 e. The number of nitrogens with zero attached hydrogens (tertiary/aromatic N) is 2. The summed E-state index contributed by atoms with van der Waals surface area (Å²) >= 11 is 3.43. The fourth-order valence-electron chi connectivity index (χ4n) is 2.48. The van der Waals surface area contributed by atoms with Gasteiger partial charge in [-0.2, -0.15) is 0 Å². The van der Waals surface area contributed by atoms with Gasteiger partial charge < -0.3 is 10.3 Å². The van der Waals surface area contributed by atoms with E-state index in [1.165, 1.54) is 0 Å². The maximum atomic E-state index is 12.5. The molecule has 0 atom stereocenters. The summed E-state index contributed by atoms with van der Waals surface area (Å²) < 4.78 is 2.54. The molecule has 0 saturated heterocycles. The molecule has 0 unspecified atom stereocenters. The van der Waals surface area contributed by atoms with Crippen LogP contribution in [0.1, 0.15) is 16.8 Å². The normalized spacial score (nSPS) is 10.9. The van der Waals surface area contributed by atoms with Crippen molar-refractivity contribution in [3.63, 3.8) is 0 Å². The lowest BCUT2D eigenvalue weighted by atomic mass is 10.1. The second-order valence-corrected chi connectivity index (χ2v) is 6.26. The van der Waals surface area contributed by atoms with Gasteiger partial charge in [-0.05, 0) is 23.8 Å². The highest BCUT2D eigenvalue weighted by Crippen LogP contribution is 2.17. The summed E-state index contributed by atoms with van der Waals surface area (Å²) in [6, 6.07) is 12.9. The average Bonchev–Trinajstić information content (AvgIpc) is 2.52. The molecule has 23 heavy (non-hydrogen) atoms. The number of aromatic nitrogens is 2. The van der Waals surface area contributed by atoms with Crippen LogP contribution in [0.4, 0.5) is 0 Å². The van der Waals surface area contributed by atoms with Crippen molar-refractivity contribution in [1.82, 2.24) is 9.55 Å². The number of amidine groups is 1. The lowest BCUT2D eigenvalue weighted by Gasteiger charge is -2.09. The van der Waals surface area contributed by atoms with E-state index in [1.807, 2.05) is 30.3 Å². The quantitative estimate of drug-likeness (QED) is 0.548. The third kappa shape index (κ3) is 3.03. The number of hydrogen-bond acceptors (Lipinski definition) is 3. The van der Waals surface area contributed by atoms with Gasteiger partial charge in [-0.1, -0.05) is 40.2 Å². The zero-order valence-electron chi connectivity index (χ0n) is 12.5. The van der Waals surface area contributed by atoms with E-state index in [-0.39, 0.29) is 11.4 Å². The van der Waals surface area contributed by atoms with Crippen molar-refractivity contribution in [2.24, 2.45) is 12.8 Å². The Labute approximate surface area is 141 Å². The van der Waals surface area contributed by atoms with Gasteiger partial charge >= 0.3 is 0 Å². The molecule has 1 aromatic heterocycles. The van der Waals surface area contributed by atoms with Crippen molar-refractivity contribution in [1.29, 1.82) is 5.41 Å². The van der Waals surface area contributed by atoms with Gasteiger partial charge in [-0.25, -0.2) is 4.98 Å². The Balaban J connectivity index is 2.04. The minimum absolute atomic E-state index is 0.0288. The lowest BCUT2D eigenvalue weighted by Crippen LogP contribution is -2.23. The summed E-state index contributed by atoms with van der Waals surface area (Å²) in [6.07, 6.45) is 0.438. The number of nitrogens with two attached hydrogens (primary N) is 1. The van der Waals surface area contributed by atoms with Crippen molar-refractivity contribution in [3.8, 4) is 0 Å². The van der Waals surface area contributed by atoms with Gasteiger partial charge in [0.15, 0.2) is 0 Å². The lowest BCUT2D eigenvalue weighted by molar-refractivity contribution is 0.855. The third-order valence-corrected chi connectivity index (χ3v) is 4.24. The maximum absolute atomic E-state index is 12.5. The van der Waals surface area contributed by atoms with Crippen LogP contribution in [0.15, 0.2) is 51.7 Å². The second kappa shape index (κ2) is 5.96. The highest BCUT2D eigenvalue weighted by atomic mass is 79.9. The van der Waals surface area contributed by atoms with E-state index in [0.717, 1.165) is 21.1 Å². The molecule has 0 bridgehead atoms. The summed E-state index contributed by atoms with van der Waals surface area (Å²) in [5.41, 5.74) is 9.03. The zero-order valence-corrected chi connectivity index (χ0v) is 14.1. The number of benzene rings is 2. The van der Waals surface area contributed by atoms with Crippen molar-refractivity contribution in [3.05, 3.63) is 74.1 Å². The standard InChI is InChI=1S/C17H15BrN4O/c1-22-15-7-6-12(18)9-13(15)21-14(17(22)23)8-10-2-4-11(5-3-10)16(19)20/h2-7,9H,8H2,1H3,(H3,19,20). The Hall–Kier alpha value is -2.47. The van der Waals surface area contributed by atoms with Gasteiger partial charge in [0.2, 0.25) is 0 Å². The highest BCUT2D eigenvalue weighted by Gasteiger charge is 2.10. The van der Waals surface area contributed by atoms with E-state index < -0.39 is 0 Å². The second-order valence-electron chi connectivity index (χ2n) is 5.34. The minimum atomic E-state index is -0.101. The molecule has 0 spiro atoms. The first-order valence-corrected chi connectivity index (χ1v) is 7.83. The smallest absolute Gasteiger partial charge is 0.272 e. The van der Waals surface area contributed by atoms with Gasteiger partial charge in [-0.3, -0.25) is 10.2 Å². The van der Waals surface area contributed by atoms with Crippen molar-refractivity contribution in [2.45, 2.75) is 6.42 Å². The molecule has 3 aromatic rings. The SMILES string of the molecule is Cn1c(=O)c(Cc2ccc(C(=N)N)cc2)nc2cc(Br)ccc21. The Bertz CT molecular complexity index is 961. The van der Waals surface area contributed by atoms with Gasteiger partial charge in [-0.15, -0.1) is 0 Å². The average molecular weight is 371 g/mol. The number of halogens is 1. The molecule has 0 fully saturated rings. The summed E-state index contributed by atoms with van der Waals surface area (Å²) in [4.78, 5) is 17.0. The molecule has 3 N–H and O–H groups in total. The fraction of sp³-hybridized carbons (Fsp3) is 0.118. The molecule has 3 rings (SSSR count). The van der Waals surface area contributed by atoms with E-state index in [9.17, 15) is 4.79 Å². The highest BCUT2D eigenvalue weighted by molar-refractivity contribution is 9.10. The summed E-state index contributed by atoms with van der Waals surface area (Å²) in [5.74, 6) is 0.0288. The van der Waals surface area contributed by atoms with Crippen LogP contribution in [-0.4, -0.2) is 15.4 Å². The predicted molar refractivity (Wildman–Crippen MR) is 94.9 cm³/mol. The first kappa shape index (κ1) is 15.4. The van der Waals surface area contributed by atoms with Crippen LogP contribution in [0, 0.1) is 5.41 Å². The van der Waals surface area contributed by atoms with E-state index >= 15 is 0 Å². The predicted octanol–water partition coefficient (Wildman–Crippen LogP) is 2.57. The molecule has 0 aliphatic carbocycles. The van der Waals surface area contributed by atoms with Crippen LogP contribution >= 0.6 is 15.9 Å². The van der Waals surface area contributed by atoms with E-state index in [4.69, 9.17) is 11.1 Å². The molecule has 5 nitrogen and oxygen atoms in total. The molecular weight excluding hydrogens is 356 g/mol. The molecule has 116 valence electrons. The number of nitrogen functional groups attached to an aromatic ring is 1. The van der Waals surface area contributed by atoms with Gasteiger partial charge in [0, 0.05) is 23.5 Å². The molecule has 0 aliphatic rings. The Morgan fingerprint density at radius 1 is 1.26 bits per heavy atom. The molecule has 0 amide bonds. The molecule has 6 heteroatoms. The van der Waals surface area contributed by atoms with Gasteiger partial charge in [0.25, 0.3) is 5.56 Å². The molecule has 0 radical (unpaired) electrons. The van der Waals surface area contributed by atoms with Crippen molar-refractivity contribution >= 4 is 32.8 Å². The van der Waals surface area contributed by atoms with E-state index in [1.54, 1.807) is 23.7 Å². The third-order valence-electron chi connectivity index (χ3n) is 3.74. The summed E-state index contributed by atoms with van der Waals surface area (Å²) in [6.45, 7) is 0. The molecule has 1 heterocycles. The Morgan fingerprint density at radius 2 is 1.96 bits per heavy atom. The van der Waals surface area contributed by atoms with Crippen LogP contribution < -0.4 is 11.3 Å². The van der Waals surface area contributed by atoms with E-state index in [0.29, 0.717) is 17.7 Å². The van der Waals surface area contributed by atoms with Gasteiger partial charge in [0.05, 0.1) is 11.0 Å². The topological polar surface area (TPSA) is 84.8 Å². The first-order chi connectivity index (χ1) is 11.0. The number of hydrogen-bond donors (Lipinski definition) is 2. The van der Waals surface area contributed by atoms with Crippen LogP contribution in [0.25, 0.3) is 11.0 Å². The van der Waals surface area contributed by atoms with Crippen LogP contribution in [-0.2, 0) is 13.5 Å². The number of aryl methyl sites for hydroxylation is 1.